The topological polar surface area (TPSA) is 20.2 Å². The molecule has 1 nitrogen and oxygen atoms in total. The molecule has 0 saturated carbocycles. The summed E-state index contributed by atoms with van der Waals surface area (Å²) in [5.74, 6) is 1.29. The third-order valence-electron chi connectivity index (χ3n) is 0.459. The Kier molecular flexibility index (Phi) is 1.32. The van der Waals surface area contributed by atoms with E-state index in [0.717, 1.165) is 5.75 Å². The van der Waals surface area contributed by atoms with Gasteiger partial charge in [0.25, 0.3) is 0 Å². The van der Waals surface area contributed by atoms with Gasteiger partial charge >= 0.3 is 0 Å². The zero-order valence-corrected chi connectivity index (χ0v) is 4.68. The summed E-state index contributed by atoms with van der Waals surface area (Å²) in [4.78, 5) is 0. The van der Waals surface area contributed by atoms with Crippen LogP contribution >= 0.6 is 21.6 Å². The maximum atomic E-state index is 8.55. The van der Waals surface area contributed by atoms with E-state index in [9.17, 15) is 0 Å². The van der Waals surface area contributed by atoms with Crippen molar-refractivity contribution >= 4 is 21.6 Å². The van der Waals surface area contributed by atoms with E-state index in [-0.39, 0.29) is 0 Å². The maximum absolute atomic E-state index is 8.55. The highest BCUT2D eigenvalue weighted by atomic mass is 33.1. The fourth-order valence-corrected chi connectivity index (χ4v) is 1.96. The zero-order valence-electron chi connectivity index (χ0n) is 3.05. The van der Waals surface area contributed by atoms with Gasteiger partial charge in [0.15, 0.2) is 0 Å². The maximum Gasteiger partial charge on any atom is 0.110 e. The van der Waals surface area contributed by atoms with Crippen molar-refractivity contribution in [1.29, 1.82) is 0 Å². The molecular weight excluding hydrogens is 116 g/mol. The van der Waals surface area contributed by atoms with E-state index < -0.39 is 0 Å². The van der Waals surface area contributed by atoms with Crippen molar-refractivity contribution in [2.24, 2.45) is 0 Å². The molecule has 1 aliphatic heterocycles. The van der Waals surface area contributed by atoms with Crippen molar-refractivity contribution in [2.75, 3.05) is 5.75 Å². The number of aliphatic hydroxyl groups is 1. The first-order valence-corrected chi connectivity index (χ1v) is 3.94. The fourth-order valence-electron chi connectivity index (χ4n) is 0.218. The minimum absolute atomic E-state index is 0.505. The summed E-state index contributed by atoms with van der Waals surface area (Å²) < 4.78 is 0. The minimum Gasteiger partial charge on any atom is -0.511 e. The standard InChI is InChI=1S/C3H4OS2/c4-3-1-5-6-2-3/h1,4H,2H2. The van der Waals surface area contributed by atoms with Crippen LogP contribution in [-0.4, -0.2) is 10.9 Å². The van der Waals surface area contributed by atoms with Crippen LogP contribution in [0.2, 0.25) is 0 Å². The first kappa shape index (κ1) is 4.40. The van der Waals surface area contributed by atoms with Crippen molar-refractivity contribution in [3.63, 3.8) is 0 Å². The largest absolute Gasteiger partial charge is 0.511 e. The van der Waals surface area contributed by atoms with Crippen molar-refractivity contribution < 1.29 is 5.11 Å². The summed E-state index contributed by atoms with van der Waals surface area (Å²) in [5.41, 5.74) is 0. The van der Waals surface area contributed by atoms with Gasteiger partial charge in [-0.1, -0.05) is 21.6 Å². The highest BCUT2D eigenvalue weighted by Crippen LogP contribution is 2.31. The van der Waals surface area contributed by atoms with E-state index in [1.54, 1.807) is 27.0 Å². The molecule has 0 aromatic heterocycles. The van der Waals surface area contributed by atoms with Crippen LogP contribution in [0, 0.1) is 0 Å². The van der Waals surface area contributed by atoms with Gasteiger partial charge in [0, 0.05) is 5.41 Å². The van der Waals surface area contributed by atoms with E-state index in [1.807, 2.05) is 0 Å². The van der Waals surface area contributed by atoms with Crippen LogP contribution in [-0.2, 0) is 0 Å². The molecule has 0 amide bonds. The van der Waals surface area contributed by atoms with E-state index in [2.05, 4.69) is 0 Å². The van der Waals surface area contributed by atoms with Gasteiger partial charge in [0.2, 0.25) is 0 Å². The molecule has 1 aliphatic rings. The van der Waals surface area contributed by atoms with Crippen molar-refractivity contribution in [2.45, 2.75) is 0 Å². The van der Waals surface area contributed by atoms with Gasteiger partial charge in [-0.15, -0.1) is 0 Å². The van der Waals surface area contributed by atoms with Gasteiger partial charge in [-0.25, -0.2) is 0 Å². The lowest BCUT2D eigenvalue weighted by Crippen LogP contribution is -1.72. The van der Waals surface area contributed by atoms with E-state index in [1.165, 1.54) is 0 Å². The molecule has 0 atom stereocenters. The Morgan fingerprint density at radius 1 is 1.83 bits per heavy atom. The Morgan fingerprint density at radius 3 is 2.83 bits per heavy atom. The van der Waals surface area contributed by atoms with E-state index >= 15 is 0 Å². The van der Waals surface area contributed by atoms with Crippen LogP contribution in [0.4, 0.5) is 0 Å². The van der Waals surface area contributed by atoms with Crippen molar-refractivity contribution in [3.8, 4) is 0 Å². The van der Waals surface area contributed by atoms with Gasteiger partial charge in [0.1, 0.15) is 5.76 Å². The molecule has 0 aliphatic carbocycles. The highest BCUT2D eigenvalue weighted by Gasteiger charge is 1.99. The molecular formula is C3H4OS2. The molecule has 0 spiro atoms. The fraction of sp³-hybridized carbons (Fsp3) is 0.333. The van der Waals surface area contributed by atoms with Gasteiger partial charge in [-0.3, -0.25) is 0 Å². The molecule has 1 heterocycles. The number of aliphatic hydroxyl groups excluding tert-OH is 1. The highest BCUT2D eigenvalue weighted by molar-refractivity contribution is 8.78. The second-order valence-electron chi connectivity index (χ2n) is 0.968. The second-order valence-corrected chi connectivity index (χ2v) is 3.20. The summed E-state index contributed by atoms with van der Waals surface area (Å²) in [6.07, 6.45) is 0. The average molecular weight is 120 g/mol. The van der Waals surface area contributed by atoms with E-state index in [0.29, 0.717) is 5.76 Å². The first-order chi connectivity index (χ1) is 2.89. The minimum atomic E-state index is 0.505. The molecule has 6 heavy (non-hydrogen) atoms. The lowest BCUT2D eigenvalue weighted by molar-refractivity contribution is 0.420. The third kappa shape index (κ3) is 0.849. The van der Waals surface area contributed by atoms with Gasteiger partial charge in [-0.2, -0.15) is 0 Å². The summed E-state index contributed by atoms with van der Waals surface area (Å²) >= 11 is 0. The second kappa shape index (κ2) is 1.80. The molecule has 3 heteroatoms. The Bertz CT molecular complexity index is 78.9. The molecule has 0 aromatic rings. The summed E-state index contributed by atoms with van der Waals surface area (Å²) in [6.45, 7) is 0. The van der Waals surface area contributed by atoms with Crippen LogP contribution in [0.25, 0.3) is 0 Å². The Labute approximate surface area is 44.2 Å². The molecule has 0 bridgehead atoms. The molecule has 0 aromatic carbocycles. The van der Waals surface area contributed by atoms with Crippen LogP contribution in [0.1, 0.15) is 0 Å². The normalized spacial score (nSPS) is 21.0. The smallest absolute Gasteiger partial charge is 0.110 e. The summed E-state index contributed by atoms with van der Waals surface area (Å²) in [7, 11) is 3.24. The Morgan fingerprint density at radius 2 is 2.67 bits per heavy atom. The molecule has 34 valence electrons. The van der Waals surface area contributed by atoms with Crippen LogP contribution in [0.5, 0.6) is 0 Å². The molecule has 0 unspecified atom stereocenters. The Balaban J connectivity index is 2.45. The lowest BCUT2D eigenvalue weighted by Gasteiger charge is -1.78. The Hall–Kier alpha value is 0.240. The quantitative estimate of drug-likeness (QED) is 0.492. The number of hydrogen-bond donors (Lipinski definition) is 1. The van der Waals surface area contributed by atoms with Crippen LogP contribution in [0.3, 0.4) is 0 Å². The van der Waals surface area contributed by atoms with Gasteiger partial charge < -0.3 is 5.11 Å². The lowest BCUT2D eigenvalue weighted by atomic mass is 10.7. The van der Waals surface area contributed by atoms with E-state index in [4.69, 9.17) is 5.11 Å². The predicted molar refractivity (Wildman–Crippen MR) is 30.8 cm³/mol. The molecule has 0 radical (unpaired) electrons. The van der Waals surface area contributed by atoms with Gasteiger partial charge in [-0.05, 0) is 0 Å². The van der Waals surface area contributed by atoms with Gasteiger partial charge in [0.05, 0.1) is 5.75 Å². The zero-order chi connectivity index (χ0) is 4.41. The summed E-state index contributed by atoms with van der Waals surface area (Å²) in [5, 5.41) is 10.3. The predicted octanol–water partition coefficient (Wildman–Crippen LogP) is 1.78. The first-order valence-electron chi connectivity index (χ1n) is 1.56. The summed E-state index contributed by atoms with van der Waals surface area (Å²) in [6, 6.07) is 0. The molecule has 0 fully saturated rings. The van der Waals surface area contributed by atoms with Crippen molar-refractivity contribution in [1.82, 2.24) is 0 Å². The number of rotatable bonds is 0. The molecule has 1 N–H and O–H groups in total. The molecule has 1 rings (SSSR count). The molecule has 0 saturated heterocycles. The average Bonchev–Trinajstić information content (AvgIpc) is 1.86. The monoisotopic (exact) mass is 120 g/mol. The number of hydrogen-bond acceptors (Lipinski definition) is 3. The SMILES string of the molecule is OC1=CSSC1. The van der Waals surface area contributed by atoms with Crippen LogP contribution < -0.4 is 0 Å². The third-order valence-corrected chi connectivity index (χ3v) is 2.43. The van der Waals surface area contributed by atoms with Crippen LogP contribution in [0.15, 0.2) is 11.2 Å². The van der Waals surface area contributed by atoms with Crippen molar-refractivity contribution in [3.05, 3.63) is 11.2 Å².